The largest absolute Gasteiger partial charge is 0.484 e. The van der Waals surface area contributed by atoms with Crippen LogP contribution in [0.1, 0.15) is 45.7 Å². The first-order valence-electron chi connectivity index (χ1n) is 9.88. The van der Waals surface area contributed by atoms with Crippen molar-refractivity contribution in [3.63, 3.8) is 0 Å². The number of esters is 2. The fraction of sp³-hybridized carbons (Fsp3) is 0.348. The van der Waals surface area contributed by atoms with E-state index in [0.29, 0.717) is 13.0 Å². The molecular formula is C23H27NO6. The van der Waals surface area contributed by atoms with Crippen molar-refractivity contribution >= 4 is 17.8 Å². The first-order valence-corrected chi connectivity index (χ1v) is 9.88. The Hall–Kier alpha value is -3.35. The molecule has 0 heterocycles. The number of aryl methyl sites for hydroxylation is 1. The summed E-state index contributed by atoms with van der Waals surface area (Å²) in [5.74, 6) is -1.27. The van der Waals surface area contributed by atoms with Gasteiger partial charge < -0.3 is 19.5 Å². The summed E-state index contributed by atoms with van der Waals surface area (Å²) in [6, 6.07) is 12.2. The molecule has 1 N–H and O–H groups in total. The number of nitrogens with one attached hydrogen (secondary N) is 1. The lowest BCUT2D eigenvalue weighted by Gasteiger charge is -2.11. The van der Waals surface area contributed by atoms with Gasteiger partial charge >= 0.3 is 11.9 Å². The molecule has 0 spiro atoms. The Morgan fingerprint density at radius 2 is 1.50 bits per heavy atom. The van der Waals surface area contributed by atoms with Crippen molar-refractivity contribution in [2.45, 2.75) is 27.2 Å². The third kappa shape index (κ3) is 6.92. The lowest BCUT2D eigenvalue weighted by atomic mass is 10.1. The molecular weight excluding hydrogens is 386 g/mol. The second-order valence-corrected chi connectivity index (χ2v) is 6.50. The fourth-order valence-corrected chi connectivity index (χ4v) is 2.77. The summed E-state index contributed by atoms with van der Waals surface area (Å²) < 4.78 is 15.5. The van der Waals surface area contributed by atoms with Crippen molar-refractivity contribution in [3.05, 3.63) is 64.7 Å². The van der Waals surface area contributed by atoms with E-state index in [-0.39, 0.29) is 42.6 Å². The number of amides is 1. The predicted octanol–water partition coefficient (Wildman–Crippen LogP) is 3.09. The summed E-state index contributed by atoms with van der Waals surface area (Å²) in [6.07, 6.45) is 0.712. The van der Waals surface area contributed by atoms with Gasteiger partial charge in [0.15, 0.2) is 6.61 Å². The van der Waals surface area contributed by atoms with Gasteiger partial charge in [-0.2, -0.15) is 0 Å². The van der Waals surface area contributed by atoms with Gasteiger partial charge in [0.25, 0.3) is 5.91 Å². The quantitative estimate of drug-likeness (QED) is 0.602. The van der Waals surface area contributed by atoms with E-state index in [9.17, 15) is 14.4 Å². The third-order valence-electron chi connectivity index (χ3n) is 4.28. The second-order valence-electron chi connectivity index (χ2n) is 6.50. The lowest BCUT2D eigenvalue weighted by Crippen LogP contribution is -2.30. The zero-order valence-electron chi connectivity index (χ0n) is 17.5. The van der Waals surface area contributed by atoms with Crippen molar-refractivity contribution in [1.82, 2.24) is 5.32 Å². The van der Waals surface area contributed by atoms with Crippen molar-refractivity contribution in [2.24, 2.45) is 0 Å². The Bertz CT molecular complexity index is 857. The van der Waals surface area contributed by atoms with Gasteiger partial charge in [-0.25, -0.2) is 9.59 Å². The fourth-order valence-electron chi connectivity index (χ4n) is 2.77. The van der Waals surface area contributed by atoms with Crippen molar-refractivity contribution in [3.8, 4) is 5.75 Å². The van der Waals surface area contributed by atoms with E-state index in [1.807, 2.05) is 31.2 Å². The van der Waals surface area contributed by atoms with Crippen LogP contribution in [0, 0.1) is 6.92 Å². The summed E-state index contributed by atoms with van der Waals surface area (Å²) in [6.45, 7) is 6.02. The molecule has 0 bridgehead atoms. The third-order valence-corrected chi connectivity index (χ3v) is 4.28. The van der Waals surface area contributed by atoms with Crippen LogP contribution in [-0.4, -0.2) is 44.2 Å². The Morgan fingerprint density at radius 1 is 0.900 bits per heavy atom. The first-order chi connectivity index (χ1) is 14.4. The highest BCUT2D eigenvalue weighted by atomic mass is 16.5. The molecule has 2 rings (SSSR count). The summed E-state index contributed by atoms with van der Waals surface area (Å²) in [5.41, 5.74) is 2.64. The molecule has 0 fully saturated rings. The molecule has 2 aromatic carbocycles. The van der Waals surface area contributed by atoms with Gasteiger partial charge in [-0.15, -0.1) is 0 Å². The Labute approximate surface area is 176 Å². The smallest absolute Gasteiger partial charge is 0.338 e. The van der Waals surface area contributed by atoms with E-state index >= 15 is 0 Å². The second kappa shape index (κ2) is 11.6. The van der Waals surface area contributed by atoms with Crippen molar-refractivity contribution in [1.29, 1.82) is 0 Å². The van der Waals surface area contributed by atoms with E-state index in [0.717, 1.165) is 0 Å². The van der Waals surface area contributed by atoms with E-state index in [2.05, 4.69) is 5.32 Å². The Kier molecular flexibility index (Phi) is 8.87. The molecule has 2 aromatic rings. The number of hydrogen-bond donors (Lipinski definition) is 1. The highest BCUT2D eigenvalue weighted by Gasteiger charge is 2.16. The number of hydrogen-bond acceptors (Lipinski definition) is 6. The Balaban J connectivity index is 1.98. The molecule has 7 heteroatoms. The minimum Gasteiger partial charge on any atom is -0.484 e. The molecule has 0 aliphatic carbocycles. The van der Waals surface area contributed by atoms with Crippen LogP contribution in [0.4, 0.5) is 0 Å². The van der Waals surface area contributed by atoms with Crippen LogP contribution in [0.2, 0.25) is 0 Å². The lowest BCUT2D eigenvalue weighted by molar-refractivity contribution is -0.123. The molecule has 0 aromatic heterocycles. The van der Waals surface area contributed by atoms with Gasteiger partial charge in [0.1, 0.15) is 5.75 Å². The molecule has 30 heavy (non-hydrogen) atoms. The van der Waals surface area contributed by atoms with Crippen LogP contribution >= 0.6 is 0 Å². The van der Waals surface area contributed by atoms with Crippen LogP contribution in [-0.2, 0) is 20.7 Å². The van der Waals surface area contributed by atoms with Gasteiger partial charge in [-0.05, 0) is 56.5 Å². The summed E-state index contributed by atoms with van der Waals surface area (Å²) in [4.78, 5) is 36.2. The van der Waals surface area contributed by atoms with Crippen molar-refractivity contribution < 1.29 is 28.6 Å². The molecule has 160 valence electrons. The van der Waals surface area contributed by atoms with Gasteiger partial charge in [0.2, 0.25) is 0 Å². The Morgan fingerprint density at radius 3 is 2.07 bits per heavy atom. The van der Waals surface area contributed by atoms with Gasteiger partial charge in [0, 0.05) is 6.54 Å². The predicted molar refractivity (Wildman–Crippen MR) is 112 cm³/mol. The average molecular weight is 413 g/mol. The van der Waals surface area contributed by atoms with Crippen molar-refractivity contribution in [2.75, 3.05) is 26.4 Å². The van der Waals surface area contributed by atoms with Gasteiger partial charge in [-0.3, -0.25) is 4.79 Å². The number of rotatable bonds is 10. The van der Waals surface area contributed by atoms with Gasteiger partial charge in [-0.1, -0.05) is 24.3 Å². The summed E-state index contributed by atoms with van der Waals surface area (Å²) in [5, 5.41) is 2.80. The maximum atomic E-state index is 12.1. The molecule has 0 unspecified atom stereocenters. The maximum absolute atomic E-state index is 12.1. The highest BCUT2D eigenvalue weighted by Crippen LogP contribution is 2.19. The zero-order chi connectivity index (χ0) is 21.9. The SMILES string of the molecule is CCOC(=O)c1cc(OCC(=O)NCCc2ccccc2C)cc(C(=O)OCC)c1. The standard InChI is InChI=1S/C23H27NO6/c1-4-28-22(26)18-12-19(23(27)29-5-2)14-20(13-18)30-15-21(25)24-11-10-17-9-7-6-8-16(17)3/h6-9,12-14H,4-5,10-11,15H2,1-3H3,(H,24,25). The normalized spacial score (nSPS) is 10.2. The molecule has 0 aliphatic heterocycles. The molecule has 0 radical (unpaired) electrons. The van der Waals surface area contributed by atoms with Gasteiger partial charge in [0.05, 0.1) is 24.3 Å². The topological polar surface area (TPSA) is 90.9 Å². The van der Waals surface area contributed by atoms with E-state index in [1.165, 1.54) is 29.3 Å². The molecule has 0 saturated carbocycles. The average Bonchev–Trinajstić information content (AvgIpc) is 2.74. The van der Waals surface area contributed by atoms with Crippen LogP contribution in [0.3, 0.4) is 0 Å². The monoisotopic (exact) mass is 413 g/mol. The van der Waals surface area contributed by atoms with Crippen LogP contribution < -0.4 is 10.1 Å². The zero-order valence-corrected chi connectivity index (χ0v) is 17.5. The number of carbonyl (C=O) groups excluding carboxylic acids is 3. The molecule has 7 nitrogen and oxygen atoms in total. The number of carbonyl (C=O) groups is 3. The molecule has 0 atom stereocenters. The highest BCUT2D eigenvalue weighted by molar-refractivity contribution is 5.96. The minimum absolute atomic E-state index is 0.150. The van der Waals surface area contributed by atoms with Crippen LogP contribution in [0.5, 0.6) is 5.75 Å². The van der Waals surface area contributed by atoms with E-state index in [1.54, 1.807) is 13.8 Å². The van der Waals surface area contributed by atoms with Crippen LogP contribution in [0.15, 0.2) is 42.5 Å². The summed E-state index contributed by atoms with van der Waals surface area (Å²) in [7, 11) is 0. The maximum Gasteiger partial charge on any atom is 0.338 e. The minimum atomic E-state index is -0.587. The molecule has 0 aliphatic rings. The van der Waals surface area contributed by atoms with E-state index < -0.39 is 11.9 Å². The molecule has 1 amide bonds. The first kappa shape index (κ1) is 22.9. The number of ether oxygens (including phenoxy) is 3. The number of benzene rings is 2. The van der Waals surface area contributed by atoms with Crippen LogP contribution in [0.25, 0.3) is 0 Å². The van der Waals surface area contributed by atoms with E-state index in [4.69, 9.17) is 14.2 Å². The molecule has 0 saturated heterocycles. The summed E-state index contributed by atoms with van der Waals surface area (Å²) >= 11 is 0.